The Morgan fingerprint density at radius 1 is 1.21 bits per heavy atom. The Labute approximate surface area is 167 Å². The summed E-state index contributed by atoms with van der Waals surface area (Å²) in [6, 6.07) is 10.7. The quantitative estimate of drug-likeness (QED) is 0.485. The molecule has 3 heterocycles. The zero-order chi connectivity index (χ0) is 20.2. The molecule has 1 amide bonds. The highest BCUT2D eigenvalue weighted by atomic mass is 16.5. The Hall–Kier alpha value is -3.50. The molecular formula is C19H22N8O2. The monoisotopic (exact) mass is 394 g/mol. The van der Waals surface area contributed by atoms with Gasteiger partial charge in [0.2, 0.25) is 0 Å². The third-order valence-electron chi connectivity index (χ3n) is 4.65. The second-order valence-corrected chi connectivity index (χ2v) is 6.73. The molecule has 1 saturated heterocycles. The molecule has 0 unspecified atom stereocenters. The van der Waals surface area contributed by atoms with Crippen LogP contribution >= 0.6 is 0 Å². The number of hydrogen-bond donors (Lipinski definition) is 4. The molecule has 10 nitrogen and oxygen atoms in total. The minimum Gasteiger partial charge on any atom is -0.380 e. The molecule has 2 aromatic heterocycles. The number of aromatic nitrogens is 4. The number of amides is 1. The average molecular weight is 394 g/mol. The van der Waals surface area contributed by atoms with Crippen LogP contribution in [-0.2, 0) is 4.74 Å². The molecule has 1 aliphatic heterocycles. The molecule has 3 aromatic rings. The summed E-state index contributed by atoms with van der Waals surface area (Å²) in [5.41, 5.74) is 13.4. The summed E-state index contributed by atoms with van der Waals surface area (Å²) >= 11 is 0. The summed E-state index contributed by atoms with van der Waals surface area (Å²) in [6.07, 6.45) is 3.98. The Bertz CT molecular complexity index is 992. The fourth-order valence-corrected chi connectivity index (χ4v) is 3.16. The van der Waals surface area contributed by atoms with Crippen molar-refractivity contribution < 1.29 is 9.53 Å². The van der Waals surface area contributed by atoms with Crippen LogP contribution in [0.3, 0.4) is 0 Å². The van der Waals surface area contributed by atoms with Crippen molar-refractivity contribution in [1.29, 1.82) is 0 Å². The van der Waals surface area contributed by atoms with Gasteiger partial charge >= 0.3 is 0 Å². The van der Waals surface area contributed by atoms with E-state index in [9.17, 15) is 4.79 Å². The van der Waals surface area contributed by atoms with Gasteiger partial charge in [-0.05, 0) is 36.8 Å². The number of nitrogens with one attached hydrogen (secondary N) is 2. The molecule has 1 aliphatic rings. The van der Waals surface area contributed by atoms with E-state index in [2.05, 4.69) is 25.8 Å². The maximum absolute atomic E-state index is 11.9. The number of nitrogens with zero attached hydrogens (tertiary/aromatic N) is 4. The molecule has 0 saturated carbocycles. The lowest BCUT2D eigenvalue weighted by Crippen LogP contribution is -2.47. The normalized spacial score (nSPS) is 18.9. The molecular weight excluding hydrogens is 372 g/mol. The van der Waals surface area contributed by atoms with Crippen molar-refractivity contribution in [2.24, 2.45) is 11.5 Å². The van der Waals surface area contributed by atoms with Gasteiger partial charge in [0.25, 0.3) is 5.91 Å². The van der Waals surface area contributed by atoms with Crippen LogP contribution < -0.4 is 22.1 Å². The maximum Gasteiger partial charge on any atom is 0.252 e. The Kier molecular flexibility index (Phi) is 5.36. The predicted molar refractivity (Wildman–Crippen MR) is 108 cm³/mol. The molecule has 4 rings (SSSR count). The van der Waals surface area contributed by atoms with Gasteiger partial charge < -0.3 is 26.8 Å². The molecule has 0 bridgehead atoms. The van der Waals surface area contributed by atoms with E-state index in [1.807, 2.05) is 24.3 Å². The van der Waals surface area contributed by atoms with Crippen molar-refractivity contribution in [2.45, 2.75) is 18.5 Å². The van der Waals surface area contributed by atoms with E-state index in [0.717, 1.165) is 17.8 Å². The van der Waals surface area contributed by atoms with Crippen LogP contribution in [0.15, 0.2) is 48.8 Å². The van der Waals surface area contributed by atoms with Crippen molar-refractivity contribution in [2.75, 3.05) is 23.8 Å². The second kappa shape index (κ2) is 8.25. The van der Waals surface area contributed by atoms with Gasteiger partial charge in [0, 0.05) is 24.4 Å². The number of nitrogens with two attached hydrogens (primary N) is 2. The highest BCUT2D eigenvalue weighted by Gasteiger charge is 2.23. The van der Waals surface area contributed by atoms with Crippen LogP contribution in [0.1, 0.15) is 16.8 Å². The molecule has 29 heavy (non-hydrogen) atoms. The number of rotatable bonds is 6. The highest BCUT2D eigenvalue weighted by Crippen LogP contribution is 2.23. The van der Waals surface area contributed by atoms with E-state index in [0.29, 0.717) is 24.8 Å². The molecule has 150 valence electrons. The van der Waals surface area contributed by atoms with Crippen molar-refractivity contribution in [1.82, 2.24) is 20.0 Å². The lowest BCUT2D eigenvalue weighted by molar-refractivity contribution is 0.0752. The molecule has 0 spiro atoms. The molecule has 1 aromatic carbocycles. The number of benzene rings is 1. The van der Waals surface area contributed by atoms with Crippen LogP contribution in [0.4, 0.5) is 17.3 Å². The van der Waals surface area contributed by atoms with Crippen LogP contribution in [0.2, 0.25) is 0 Å². The van der Waals surface area contributed by atoms with Gasteiger partial charge in [-0.15, -0.1) is 0 Å². The van der Waals surface area contributed by atoms with Crippen molar-refractivity contribution >= 4 is 23.2 Å². The van der Waals surface area contributed by atoms with Crippen molar-refractivity contribution in [3.63, 3.8) is 0 Å². The largest absolute Gasteiger partial charge is 0.380 e. The topological polar surface area (TPSA) is 146 Å². The standard InChI is InChI=1S/C19H22N8O2/c20-15-11-29-9-6-16(15)25-17-5-4-14(18(21)28)19(26-17)24-12-2-1-3-13(10-12)27-22-7-8-23-27/h1-5,7-8,10,15-16H,6,9,11,20H2,(H2,21,28)(H2,24,25,26)/t15-,16+/m0/s1. The molecule has 0 aliphatic carbocycles. The summed E-state index contributed by atoms with van der Waals surface area (Å²) < 4.78 is 5.37. The van der Waals surface area contributed by atoms with Crippen molar-refractivity contribution in [3.8, 4) is 5.69 Å². The molecule has 6 N–H and O–H groups in total. The number of pyridine rings is 1. The average Bonchev–Trinajstić information content (AvgIpc) is 3.25. The van der Waals surface area contributed by atoms with Crippen molar-refractivity contribution in [3.05, 3.63) is 54.4 Å². The first-order valence-electron chi connectivity index (χ1n) is 9.24. The van der Waals surface area contributed by atoms with E-state index < -0.39 is 5.91 Å². The van der Waals surface area contributed by atoms with Crippen LogP contribution in [0.5, 0.6) is 0 Å². The fourth-order valence-electron chi connectivity index (χ4n) is 3.16. The minimum absolute atomic E-state index is 0.0396. The first kappa shape index (κ1) is 18.8. The zero-order valence-electron chi connectivity index (χ0n) is 15.7. The number of anilines is 3. The lowest BCUT2D eigenvalue weighted by atomic mass is 10.0. The second-order valence-electron chi connectivity index (χ2n) is 6.73. The van der Waals surface area contributed by atoms with Gasteiger partial charge in [-0.2, -0.15) is 15.0 Å². The van der Waals surface area contributed by atoms with E-state index in [1.165, 1.54) is 4.80 Å². The highest BCUT2D eigenvalue weighted by molar-refractivity contribution is 5.98. The van der Waals surface area contributed by atoms with Gasteiger partial charge in [-0.1, -0.05) is 6.07 Å². The van der Waals surface area contributed by atoms with Gasteiger partial charge in [0.15, 0.2) is 0 Å². The zero-order valence-corrected chi connectivity index (χ0v) is 15.7. The Balaban J connectivity index is 1.60. The summed E-state index contributed by atoms with van der Waals surface area (Å²) in [7, 11) is 0. The van der Waals surface area contributed by atoms with Gasteiger partial charge in [-0.25, -0.2) is 4.98 Å². The Morgan fingerprint density at radius 2 is 2.03 bits per heavy atom. The molecule has 10 heteroatoms. The minimum atomic E-state index is -0.570. The van der Waals surface area contributed by atoms with Crippen LogP contribution in [0, 0.1) is 0 Å². The van der Waals surface area contributed by atoms with Gasteiger partial charge in [0.1, 0.15) is 11.6 Å². The molecule has 0 radical (unpaired) electrons. The SMILES string of the molecule is NC(=O)c1ccc(N[C@@H]2CCOC[C@@H]2N)nc1Nc1cccc(-n2nccn2)c1. The number of carbonyl (C=O) groups is 1. The molecule has 1 fully saturated rings. The van der Waals surface area contributed by atoms with E-state index in [4.69, 9.17) is 16.2 Å². The fraction of sp³-hybridized carbons (Fsp3) is 0.263. The summed E-state index contributed by atoms with van der Waals surface area (Å²) in [6.45, 7) is 1.14. The summed E-state index contributed by atoms with van der Waals surface area (Å²) in [5.74, 6) is 0.387. The number of hydrogen-bond acceptors (Lipinski definition) is 8. The maximum atomic E-state index is 11.9. The van der Waals surface area contributed by atoms with Crippen LogP contribution in [0.25, 0.3) is 5.69 Å². The van der Waals surface area contributed by atoms with E-state index >= 15 is 0 Å². The smallest absolute Gasteiger partial charge is 0.252 e. The van der Waals surface area contributed by atoms with E-state index in [-0.39, 0.29) is 17.6 Å². The third kappa shape index (κ3) is 4.33. The van der Waals surface area contributed by atoms with Gasteiger partial charge in [-0.3, -0.25) is 4.79 Å². The number of carbonyl (C=O) groups excluding carboxylic acids is 1. The first-order valence-corrected chi connectivity index (χ1v) is 9.24. The first-order chi connectivity index (χ1) is 14.1. The van der Waals surface area contributed by atoms with Crippen LogP contribution in [-0.4, -0.2) is 51.2 Å². The third-order valence-corrected chi connectivity index (χ3v) is 4.65. The summed E-state index contributed by atoms with van der Waals surface area (Å²) in [4.78, 5) is 17.9. The summed E-state index contributed by atoms with van der Waals surface area (Å²) in [5, 5.41) is 14.7. The number of ether oxygens (including phenoxy) is 1. The van der Waals surface area contributed by atoms with E-state index in [1.54, 1.807) is 24.5 Å². The lowest BCUT2D eigenvalue weighted by Gasteiger charge is -2.30. The number of primary amides is 1. The predicted octanol–water partition coefficient (Wildman–Crippen LogP) is 1.03. The molecule has 2 atom stereocenters. The van der Waals surface area contributed by atoms with Gasteiger partial charge in [0.05, 0.1) is 30.3 Å². The Morgan fingerprint density at radius 3 is 2.79 bits per heavy atom.